The lowest BCUT2D eigenvalue weighted by Crippen LogP contribution is -2.26. The van der Waals surface area contributed by atoms with Crippen molar-refractivity contribution in [3.63, 3.8) is 0 Å². The van der Waals surface area contributed by atoms with E-state index in [1.54, 1.807) is 0 Å². The smallest absolute Gasteiger partial charge is 0.223 e. The zero-order valence-corrected chi connectivity index (χ0v) is 16.5. The number of ether oxygens (including phenoxy) is 1. The molecule has 0 saturated heterocycles. The molecule has 28 heavy (non-hydrogen) atoms. The molecule has 1 amide bonds. The van der Waals surface area contributed by atoms with E-state index in [4.69, 9.17) is 21.3 Å². The summed E-state index contributed by atoms with van der Waals surface area (Å²) in [4.78, 5) is 16.7. The van der Waals surface area contributed by atoms with E-state index in [0.717, 1.165) is 54.8 Å². The average molecular weight is 398 g/mol. The quantitative estimate of drug-likeness (QED) is 0.538. The first kappa shape index (κ1) is 18.8. The molecule has 0 radical (unpaired) electrons. The van der Waals surface area contributed by atoms with Gasteiger partial charge in [0.2, 0.25) is 5.91 Å². The number of aromatic nitrogens is 2. The van der Waals surface area contributed by atoms with Crippen molar-refractivity contribution in [2.75, 3.05) is 6.61 Å². The van der Waals surface area contributed by atoms with Gasteiger partial charge in [-0.1, -0.05) is 35.9 Å². The van der Waals surface area contributed by atoms with E-state index in [9.17, 15) is 4.79 Å². The van der Waals surface area contributed by atoms with Gasteiger partial charge in [-0.15, -0.1) is 0 Å². The van der Waals surface area contributed by atoms with Crippen molar-refractivity contribution in [1.82, 2.24) is 14.9 Å². The van der Waals surface area contributed by atoms with Gasteiger partial charge in [-0.25, -0.2) is 4.98 Å². The van der Waals surface area contributed by atoms with Gasteiger partial charge in [-0.05, 0) is 49.9 Å². The van der Waals surface area contributed by atoms with Crippen LogP contribution >= 0.6 is 11.6 Å². The van der Waals surface area contributed by atoms with E-state index in [1.165, 1.54) is 0 Å². The Morgan fingerprint density at radius 1 is 1.14 bits per heavy atom. The molecule has 1 saturated carbocycles. The summed E-state index contributed by atoms with van der Waals surface area (Å²) in [6.45, 7) is 1.92. The predicted octanol–water partition coefficient (Wildman–Crippen LogP) is 4.58. The maximum Gasteiger partial charge on any atom is 0.223 e. The Morgan fingerprint density at radius 3 is 2.75 bits per heavy atom. The van der Waals surface area contributed by atoms with E-state index in [2.05, 4.69) is 16.0 Å². The van der Waals surface area contributed by atoms with Gasteiger partial charge in [0, 0.05) is 12.5 Å². The lowest BCUT2D eigenvalue weighted by Gasteiger charge is -2.11. The summed E-state index contributed by atoms with van der Waals surface area (Å²) in [6.07, 6.45) is 3.88. The maximum atomic E-state index is 12.0. The first-order valence-corrected chi connectivity index (χ1v) is 10.2. The van der Waals surface area contributed by atoms with Crippen molar-refractivity contribution in [2.45, 2.75) is 38.8 Å². The Hall–Kier alpha value is -2.53. The van der Waals surface area contributed by atoms with Crippen molar-refractivity contribution in [3.8, 4) is 5.75 Å². The van der Waals surface area contributed by atoms with Gasteiger partial charge in [-0.3, -0.25) is 4.79 Å². The van der Waals surface area contributed by atoms with Crippen LogP contribution in [0.3, 0.4) is 0 Å². The van der Waals surface area contributed by atoms with Gasteiger partial charge in [0.1, 0.15) is 11.6 Å². The minimum Gasteiger partial charge on any atom is -0.492 e. The second kappa shape index (κ2) is 8.65. The Labute approximate surface area is 169 Å². The van der Waals surface area contributed by atoms with Crippen molar-refractivity contribution in [1.29, 1.82) is 0 Å². The number of para-hydroxylation sites is 3. The molecule has 3 aromatic rings. The fourth-order valence-electron chi connectivity index (χ4n) is 3.28. The molecule has 5 nitrogen and oxygen atoms in total. The van der Waals surface area contributed by atoms with Crippen LogP contribution in [-0.2, 0) is 17.9 Å². The minimum atomic E-state index is 0.145. The normalized spacial score (nSPS) is 13.6. The van der Waals surface area contributed by atoms with Crippen molar-refractivity contribution in [3.05, 3.63) is 59.4 Å². The fourth-order valence-corrected chi connectivity index (χ4v) is 3.47. The van der Waals surface area contributed by atoms with E-state index in [-0.39, 0.29) is 11.8 Å². The summed E-state index contributed by atoms with van der Waals surface area (Å²) in [6, 6.07) is 15.6. The molecule has 1 heterocycles. The Bertz CT molecular complexity index is 965. The van der Waals surface area contributed by atoms with Gasteiger partial charge < -0.3 is 14.6 Å². The summed E-state index contributed by atoms with van der Waals surface area (Å²) in [5.41, 5.74) is 2.07. The lowest BCUT2D eigenvalue weighted by atomic mass is 10.3. The molecule has 1 aliphatic rings. The number of hydrogen-bond acceptors (Lipinski definition) is 3. The van der Waals surface area contributed by atoms with Crippen LogP contribution in [0.15, 0.2) is 48.5 Å². The summed E-state index contributed by atoms with van der Waals surface area (Å²) in [5, 5.41) is 3.67. The molecule has 0 unspecified atom stereocenters. The van der Waals surface area contributed by atoms with Crippen LogP contribution in [0.1, 0.15) is 31.5 Å². The number of benzene rings is 2. The number of nitrogens with one attached hydrogen (secondary N) is 1. The van der Waals surface area contributed by atoms with Gasteiger partial charge in [-0.2, -0.15) is 0 Å². The molecule has 2 aromatic carbocycles. The molecule has 1 N–H and O–H groups in total. The highest BCUT2D eigenvalue weighted by molar-refractivity contribution is 6.32. The second-order valence-corrected chi connectivity index (χ2v) is 7.55. The first-order chi connectivity index (χ1) is 13.7. The van der Waals surface area contributed by atoms with Crippen LogP contribution in [0.25, 0.3) is 11.0 Å². The molecule has 6 heteroatoms. The number of halogens is 1. The highest BCUT2D eigenvalue weighted by atomic mass is 35.5. The molecule has 4 rings (SSSR count). The number of rotatable bonds is 9. The third kappa shape index (κ3) is 4.47. The third-order valence-electron chi connectivity index (χ3n) is 4.97. The number of imidazole rings is 1. The SMILES string of the molecule is O=C(NCc1nc2ccccc2n1CCCCOc1ccccc1Cl)C1CC1. The Kier molecular flexibility index (Phi) is 5.81. The zero-order chi connectivity index (χ0) is 19.3. The average Bonchev–Trinajstić information content (AvgIpc) is 3.50. The maximum absolute atomic E-state index is 12.0. The van der Waals surface area contributed by atoms with Crippen molar-refractivity contribution in [2.24, 2.45) is 5.92 Å². The van der Waals surface area contributed by atoms with E-state index in [1.807, 2.05) is 42.5 Å². The van der Waals surface area contributed by atoms with Crippen LogP contribution in [0, 0.1) is 5.92 Å². The van der Waals surface area contributed by atoms with Crippen molar-refractivity contribution >= 4 is 28.5 Å². The molecule has 0 bridgehead atoms. The van der Waals surface area contributed by atoms with Crippen LogP contribution in [0.4, 0.5) is 0 Å². The second-order valence-electron chi connectivity index (χ2n) is 7.15. The minimum absolute atomic E-state index is 0.145. The van der Waals surface area contributed by atoms with Gasteiger partial charge in [0.15, 0.2) is 0 Å². The van der Waals surface area contributed by atoms with Gasteiger partial charge >= 0.3 is 0 Å². The van der Waals surface area contributed by atoms with Crippen LogP contribution < -0.4 is 10.1 Å². The van der Waals surface area contributed by atoms with Crippen molar-refractivity contribution < 1.29 is 9.53 Å². The highest BCUT2D eigenvalue weighted by Gasteiger charge is 2.29. The van der Waals surface area contributed by atoms with E-state index >= 15 is 0 Å². The summed E-state index contributed by atoms with van der Waals surface area (Å²) in [7, 11) is 0. The van der Waals surface area contributed by atoms with Gasteiger partial charge in [0.05, 0.1) is 29.2 Å². The standard InChI is InChI=1S/C22H24ClN3O2/c23-17-7-1-4-10-20(17)28-14-6-5-13-26-19-9-3-2-8-18(19)25-21(26)15-24-22(27)16-11-12-16/h1-4,7-10,16H,5-6,11-15H2,(H,24,27). The molecule has 0 spiro atoms. The molecular formula is C22H24ClN3O2. The van der Waals surface area contributed by atoms with Crippen LogP contribution in [-0.4, -0.2) is 22.1 Å². The number of nitrogens with zero attached hydrogens (tertiary/aromatic N) is 2. The van der Waals surface area contributed by atoms with Crippen LogP contribution in [0.2, 0.25) is 5.02 Å². The fraction of sp³-hybridized carbons (Fsp3) is 0.364. The van der Waals surface area contributed by atoms with Crippen LogP contribution in [0.5, 0.6) is 5.75 Å². The van der Waals surface area contributed by atoms with E-state index < -0.39 is 0 Å². The highest BCUT2D eigenvalue weighted by Crippen LogP contribution is 2.29. The number of carbonyl (C=O) groups is 1. The predicted molar refractivity (Wildman–Crippen MR) is 110 cm³/mol. The molecule has 146 valence electrons. The van der Waals surface area contributed by atoms with E-state index in [0.29, 0.717) is 18.2 Å². The number of hydrogen-bond donors (Lipinski definition) is 1. The first-order valence-electron chi connectivity index (χ1n) is 9.81. The number of carbonyl (C=O) groups excluding carboxylic acids is 1. The molecule has 1 fully saturated rings. The molecule has 1 aliphatic carbocycles. The third-order valence-corrected chi connectivity index (χ3v) is 5.29. The molecule has 0 aliphatic heterocycles. The Morgan fingerprint density at radius 2 is 1.93 bits per heavy atom. The van der Waals surface area contributed by atoms with Gasteiger partial charge in [0.25, 0.3) is 0 Å². The molecule has 0 atom stereocenters. The Balaban J connectivity index is 1.35. The summed E-state index contributed by atoms with van der Waals surface area (Å²) < 4.78 is 7.98. The number of amides is 1. The summed E-state index contributed by atoms with van der Waals surface area (Å²) in [5.74, 6) is 1.98. The molecule has 1 aromatic heterocycles. The monoisotopic (exact) mass is 397 g/mol. The topological polar surface area (TPSA) is 56.2 Å². The molecular weight excluding hydrogens is 374 g/mol. The summed E-state index contributed by atoms with van der Waals surface area (Å²) >= 11 is 6.12. The number of unbranched alkanes of at least 4 members (excludes halogenated alkanes) is 1. The largest absolute Gasteiger partial charge is 0.492 e. The zero-order valence-electron chi connectivity index (χ0n) is 15.7. The number of fused-ring (bicyclic) bond motifs is 1. The lowest BCUT2D eigenvalue weighted by molar-refractivity contribution is -0.122. The number of aryl methyl sites for hydroxylation is 1.